The Labute approximate surface area is 132 Å². The average molecular weight is 373 g/mol. The molecule has 1 aromatic carbocycles. The van der Waals surface area contributed by atoms with E-state index in [2.05, 4.69) is 93.7 Å². The number of benzene rings is 1. The summed E-state index contributed by atoms with van der Waals surface area (Å²) in [5.74, 6) is 0.645. The predicted molar refractivity (Wildman–Crippen MR) is 93.6 cm³/mol. The van der Waals surface area contributed by atoms with E-state index >= 15 is 0 Å². The molecule has 0 radical (unpaired) electrons. The van der Waals surface area contributed by atoms with Crippen LogP contribution in [0.15, 0.2) is 24.3 Å². The van der Waals surface area contributed by atoms with Gasteiger partial charge in [0.15, 0.2) is 0 Å². The lowest BCUT2D eigenvalue weighted by Gasteiger charge is -2.34. The molecule has 1 unspecified atom stereocenters. The van der Waals surface area contributed by atoms with Gasteiger partial charge in [-0.2, -0.15) is 0 Å². The molecule has 108 valence electrons. The second-order valence-electron chi connectivity index (χ2n) is 7.52. The van der Waals surface area contributed by atoms with Crippen LogP contribution in [-0.4, -0.2) is 12.1 Å². The van der Waals surface area contributed by atoms with Gasteiger partial charge in [-0.1, -0.05) is 32.9 Å². The summed E-state index contributed by atoms with van der Waals surface area (Å²) in [6.45, 7) is 14.8. The molecule has 0 fully saturated rings. The van der Waals surface area contributed by atoms with Crippen LogP contribution in [0.25, 0.3) is 0 Å². The number of nitrogens with one attached hydrogen (secondary N) is 1. The third-order valence-corrected chi connectivity index (χ3v) is 4.22. The summed E-state index contributed by atoms with van der Waals surface area (Å²) < 4.78 is 1.31. The summed E-state index contributed by atoms with van der Waals surface area (Å²) in [5.41, 5.74) is 1.95. The molecule has 1 nitrogen and oxygen atoms in total. The second kappa shape index (κ2) is 6.57. The molecule has 0 saturated heterocycles. The molecule has 0 amide bonds. The maximum Gasteiger partial charge on any atom is 0.0130 e. The summed E-state index contributed by atoms with van der Waals surface area (Å²) in [7, 11) is 0. The van der Waals surface area contributed by atoms with E-state index in [9.17, 15) is 0 Å². The lowest BCUT2D eigenvalue weighted by atomic mass is 9.77. The van der Waals surface area contributed by atoms with E-state index in [1.54, 1.807) is 0 Å². The van der Waals surface area contributed by atoms with Crippen LogP contribution in [0.1, 0.15) is 47.1 Å². The van der Waals surface area contributed by atoms with Gasteiger partial charge < -0.3 is 5.32 Å². The lowest BCUT2D eigenvalue weighted by molar-refractivity contribution is 0.214. The van der Waals surface area contributed by atoms with Crippen LogP contribution >= 0.6 is 22.6 Å². The zero-order valence-electron chi connectivity index (χ0n) is 13.2. The molecule has 19 heavy (non-hydrogen) atoms. The standard InChI is InChI=1S/C17H28IN/c1-16(2,3)14(12-19-17(4,5)6)11-13-7-9-15(18)10-8-13/h7-10,14,19H,11-12H2,1-6H3. The highest BCUT2D eigenvalue weighted by Gasteiger charge is 2.26. The van der Waals surface area contributed by atoms with Crippen LogP contribution in [0.3, 0.4) is 0 Å². The first-order valence-corrected chi connectivity index (χ1v) is 8.15. The van der Waals surface area contributed by atoms with Crippen molar-refractivity contribution in [1.82, 2.24) is 5.32 Å². The lowest BCUT2D eigenvalue weighted by Crippen LogP contribution is -2.42. The minimum atomic E-state index is 0.190. The van der Waals surface area contributed by atoms with E-state index < -0.39 is 0 Å². The summed E-state index contributed by atoms with van der Waals surface area (Å²) in [6, 6.07) is 8.93. The van der Waals surface area contributed by atoms with Crippen LogP contribution in [0.4, 0.5) is 0 Å². The van der Waals surface area contributed by atoms with Gasteiger partial charge in [0.05, 0.1) is 0 Å². The zero-order chi connectivity index (χ0) is 14.7. The highest BCUT2D eigenvalue weighted by atomic mass is 127. The van der Waals surface area contributed by atoms with Gasteiger partial charge in [0.25, 0.3) is 0 Å². The molecular formula is C17H28IN. The predicted octanol–water partition coefficient (Wildman–Crippen LogP) is 4.88. The highest BCUT2D eigenvalue weighted by Crippen LogP contribution is 2.29. The molecule has 0 spiro atoms. The second-order valence-corrected chi connectivity index (χ2v) is 8.77. The van der Waals surface area contributed by atoms with Gasteiger partial charge in [-0.05, 0) is 85.4 Å². The van der Waals surface area contributed by atoms with E-state index in [-0.39, 0.29) is 5.54 Å². The molecule has 1 N–H and O–H groups in total. The first-order valence-electron chi connectivity index (χ1n) is 7.07. The van der Waals surface area contributed by atoms with Crippen molar-refractivity contribution in [2.45, 2.75) is 53.5 Å². The Balaban J connectivity index is 2.73. The fourth-order valence-corrected chi connectivity index (χ4v) is 2.38. The zero-order valence-corrected chi connectivity index (χ0v) is 15.3. The molecule has 1 aromatic rings. The fraction of sp³-hybridized carbons (Fsp3) is 0.647. The van der Waals surface area contributed by atoms with Crippen LogP contribution in [0.5, 0.6) is 0 Å². The van der Waals surface area contributed by atoms with E-state index in [0.29, 0.717) is 11.3 Å². The minimum Gasteiger partial charge on any atom is -0.312 e. The molecule has 0 aromatic heterocycles. The van der Waals surface area contributed by atoms with Crippen LogP contribution in [-0.2, 0) is 6.42 Å². The van der Waals surface area contributed by atoms with Crippen LogP contribution < -0.4 is 5.32 Å². The third-order valence-electron chi connectivity index (χ3n) is 3.50. The Morgan fingerprint density at radius 2 is 1.53 bits per heavy atom. The summed E-state index contributed by atoms with van der Waals surface area (Å²) in [4.78, 5) is 0. The van der Waals surface area contributed by atoms with Crippen molar-refractivity contribution in [2.24, 2.45) is 11.3 Å². The first kappa shape index (κ1) is 17.0. The summed E-state index contributed by atoms with van der Waals surface area (Å²) >= 11 is 2.36. The van der Waals surface area contributed by atoms with Gasteiger partial charge in [-0.25, -0.2) is 0 Å². The quantitative estimate of drug-likeness (QED) is 0.742. The van der Waals surface area contributed by atoms with E-state index in [1.165, 1.54) is 9.13 Å². The fourth-order valence-electron chi connectivity index (χ4n) is 2.02. The van der Waals surface area contributed by atoms with Gasteiger partial charge in [0.2, 0.25) is 0 Å². The van der Waals surface area contributed by atoms with E-state index in [4.69, 9.17) is 0 Å². The molecule has 0 heterocycles. The largest absolute Gasteiger partial charge is 0.312 e. The average Bonchev–Trinajstić information content (AvgIpc) is 2.23. The molecule has 0 aliphatic rings. The highest BCUT2D eigenvalue weighted by molar-refractivity contribution is 14.1. The van der Waals surface area contributed by atoms with Crippen molar-refractivity contribution in [3.05, 3.63) is 33.4 Å². The van der Waals surface area contributed by atoms with Crippen molar-refractivity contribution in [3.8, 4) is 0 Å². The van der Waals surface area contributed by atoms with Crippen molar-refractivity contribution in [2.75, 3.05) is 6.54 Å². The van der Waals surface area contributed by atoms with Gasteiger partial charge in [-0.3, -0.25) is 0 Å². The molecule has 0 aliphatic heterocycles. The molecule has 0 bridgehead atoms. The first-order chi connectivity index (χ1) is 8.58. The normalized spacial score (nSPS) is 14.5. The number of hydrogen-bond acceptors (Lipinski definition) is 1. The van der Waals surface area contributed by atoms with Gasteiger partial charge >= 0.3 is 0 Å². The van der Waals surface area contributed by atoms with E-state index in [0.717, 1.165) is 13.0 Å². The minimum absolute atomic E-state index is 0.190. The number of halogens is 1. The smallest absolute Gasteiger partial charge is 0.0130 e. The molecular weight excluding hydrogens is 345 g/mol. The SMILES string of the molecule is CC(C)(C)NCC(Cc1ccc(I)cc1)C(C)(C)C. The Kier molecular flexibility index (Phi) is 5.87. The summed E-state index contributed by atoms with van der Waals surface area (Å²) in [6.07, 6.45) is 1.14. The Morgan fingerprint density at radius 3 is 1.95 bits per heavy atom. The monoisotopic (exact) mass is 373 g/mol. The van der Waals surface area contributed by atoms with Crippen LogP contribution in [0, 0.1) is 14.9 Å². The maximum absolute atomic E-state index is 3.66. The van der Waals surface area contributed by atoms with Crippen LogP contribution in [0.2, 0.25) is 0 Å². The van der Waals surface area contributed by atoms with Crippen molar-refractivity contribution >= 4 is 22.6 Å². The summed E-state index contributed by atoms with van der Waals surface area (Å²) in [5, 5.41) is 3.66. The van der Waals surface area contributed by atoms with Gasteiger partial charge in [-0.15, -0.1) is 0 Å². The van der Waals surface area contributed by atoms with Crippen molar-refractivity contribution in [3.63, 3.8) is 0 Å². The van der Waals surface area contributed by atoms with Crippen molar-refractivity contribution in [1.29, 1.82) is 0 Å². The molecule has 1 atom stereocenters. The van der Waals surface area contributed by atoms with Crippen molar-refractivity contribution < 1.29 is 0 Å². The van der Waals surface area contributed by atoms with Gasteiger partial charge in [0.1, 0.15) is 0 Å². The maximum atomic E-state index is 3.66. The third kappa shape index (κ3) is 6.75. The molecule has 0 aliphatic carbocycles. The Bertz CT molecular complexity index is 381. The number of hydrogen-bond donors (Lipinski definition) is 1. The van der Waals surface area contributed by atoms with E-state index in [1.807, 2.05) is 0 Å². The Morgan fingerprint density at radius 1 is 1.00 bits per heavy atom. The number of rotatable bonds is 4. The molecule has 2 heteroatoms. The molecule has 1 rings (SSSR count). The Hall–Kier alpha value is -0.0900. The van der Waals surface area contributed by atoms with Gasteiger partial charge in [0, 0.05) is 9.11 Å². The topological polar surface area (TPSA) is 12.0 Å². The molecule has 0 saturated carbocycles.